The van der Waals surface area contributed by atoms with Crippen LogP contribution in [0.3, 0.4) is 0 Å². The number of hydrogen-bond acceptors (Lipinski definition) is 3. The van der Waals surface area contributed by atoms with Gasteiger partial charge in [-0.25, -0.2) is 4.98 Å². The molecular weight excluding hydrogens is 274 g/mol. The van der Waals surface area contributed by atoms with Crippen molar-refractivity contribution in [2.45, 2.75) is 25.8 Å². The number of hydrogen-bond donors (Lipinski definition) is 0. The molecule has 0 spiro atoms. The summed E-state index contributed by atoms with van der Waals surface area (Å²) in [5.41, 5.74) is 2.43. The van der Waals surface area contributed by atoms with E-state index in [0.717, 1.165) is 16.9 Å². The summed E-state index contributed by atoms with van der Waals surface area (Å²) in [4.78, 5) is 4.56. The summed E-state index contributed by atoms with van der Waals surface area (Å²) in [6.45, 7) is 4.87. The van der Waals surface area contributed by atoms with Crippen LogP contribution in [0.2, 0.25) is 0 Å². The van der Waals surface area contributed by atoms with Gasteiger partial charge in [-0.05, 0) is 24.1 Å². The quantitative estimate of drug-likeness (QED) is 0.792. The SMILES string of the molecule is COCC(C(C)C)n1c(CCl)nc2ccc(C#N)cc21. The maximum Gasteiger partial charge on any atom is 0.125 e. The fourth-order valence-electron chi connectivity index (χ4n) is 2.41. The van der Waals surface area contributed by atoms with Gasteiger partial charge in [-0.1, -0.05) is 13.8 Å². The molecule has 0 radical (unpaired) electrons. The molecule has 106 valence electrons. The molecule has 2 aromatic rings. The van der Waals surface area contributed by atoms with Crippen molar-refractivity contribution in [3.05, 3.63) is 29.6 Å². The fourth-order valence-corrected chi connectivity index (χ4v) is 2.60. The fraction of sp³-hybridized carbons (Fsp3) is 0.467. The molecule has 2 rings (SSSR count). The molecule has 0 saturated carbocycles. The highest BCUT2D eigenvalue weighted by molar-refractivity contribution is 6.16. The first-order valence-corrected chi connectivity index (χ1v) is 7.11. The average Bonchev–Trinajstić information content (AvgIpc) is 2.81. The van der Waals surface area contributed by atoms with Crippen LogP contribution in [0.1, 0.15) is 31.3 Å². The smallest absolute Gasteiger partial charge is 0.125 e. The van der Waals surface area contributed by atoms with Crippen LogP contribution in [0.25, 0.3) is 11.0 Å². The van der Waals surface area contributed by atoms with Crippen molar-refractivity contribution in [3.63, 3.8) is 0 Å². The Morgan fingerprint density at radius 3 is 2.75 bits per heavy atom. The number of aromatic nitrogens is 2. The van der Waals surface area contributed by atoms with Crippen molar-refractivity contribution >= 4 is 22.6 Å². The number of alkyl halides is 1. The van der Waals surface area contributed by atoms with E-state index < -0.39 is 0 Å². The molecule has 5 heteroatoms. The van der Waals surface area contributed by atoms with Gasteiger partial charge in [0.2, 0.25) is 0 Å². The Labute approximate surface area is 123 Å². The van der Waals surface area contributed by atoms with Crippen molar-refractivity contribution < 1.29 is 4.74 Å². The Kier molecular flexibility index (Phi) is 4.64. The first-order valence-electron chi connectivity index (χ1n) is 6.58. The molecule has 1 atom stereocenters. The van der Waals surface area contributed by atoms with Gasteiger partial charge < -0.3 is 9.30 Å². The minimum Gasteiger partial charge on any atom is -0.383 e. The Balaban J connectivity index is 2.67. The Morgan fingerprint density at radius 2 is 2.20 bits per heavy atom. The van der Waals surface area contributed by atoms with E-state index >= 15 is 0 Å². The van der Waals surface area contributed by atoms with Gasteiger partial charge in [0, 0.05) is 7.11 Å². The molecule has 1 unspecified atom stereocenters. The Bertz CT molecular complexity index is 642. The lowest BCUT2D eigenvalue weighted by Crippen LogP contribution is -2.22. The van der Waals surface area contributed by atoms with Crippen molar-refractivity contribution in [1.29, 1.82) is 5.26 Å². The van der Waals surface area contributed by atoms with Crippen LogP contribution in [0.4, 0.5) is 0 Å². The highest BCUT2D eigenvalue weighted by atomic mass is 35.5. The average molecular weight is 292 g/mol. The van der Waals surface area contributed by atoms with Gasteiger partial charge in [0.25, 0.3) is 0 Å². The molecular formula is C15H18ClN3O. The van der Waals surface area contributed by atoms with Crippen molar-refractivity contribution in [2.75, 3.05) is 13.7 Å². The number of imidazole rings is 1. The molecule has 0 aliphatic rings. The predicted molar refractivity (Wildman–Crippen MR) is 79.8 cm³/mol. The molecule has 20 heavy (non-hydrogen) atoms. The lowest BCUT2D eigenvalue weighted by Gasteiger charge is -2.24. The molecule has 0 fully saturated rings. The van der Waals surface area contributed by atoms with Crippen LogP contribution >= 0.6 is 11.6 Å². The maximum atomic E-state index is 9.07. The summed E-state index contributed by atoms with van der Waals surface area (Å²) in [5.74, 6) is 1.52. The number of nitriles is 1. The normalized spacial score (nSPS) is 12.8. The summed E-state index contributed by atoms with van der Waals surface area (Å²) < 4.78 is 7.45. The number of halogens is 1. The summed E-state index contributed by atoms with van der Waals surface area (Å²) in [7, 11) is 1.69. The van der Waals surface area contributed by atoms with Crippen LogP contribution in [0.5, 0.6) is 0 Å². The zero-order valence-electron chi connectivity index (χ0n) is 11.9. The molecule has 0 amide bonds. The van der Waals surface area contributed by atoms with E-state index in [9.17, 15) is 0 Å². The second-order valence-electron chi connectivity index (χ2n) is 5.11. The van der Waals surface area contributed by atoms with E-state index in [4.69, 9.17) is 21.6 Å². The molecule has 0 N–H and O–H groups in total. The van der Waals surface area contributed by atoms with Crippen LogP contribution in [0, 0.1) is 17.2 Å². The molecule has 0 aliphatic carbocycles. The number of rotatable bonds is 5. The third-order valence-corrected chi connectivity index (χ3v) is 3.69. The summed E-state index contributed by atoms with van der Waals surface area (Å²) in [6, 6.07) is 7.82. The van der Waals surface area contributed by atoms with E-state index in [1.807, 2.05) is 12.1 Å². The van der Waals surface area contributed by atoms with Crippen molar-refractivity contribution in [1.82, 2.24) is 9.55 Å². The second-order valence-corrected chi connectivity index (χ2v) is 5.38. The van der Waals surface area contributed by atoms with E-state index in [1.54, 1.807) is 13.2 Å². The van der Waals surface area contributed by atoms with E-state index in [0.29, 0.717) is 24.0 Å². The third-order valence-electron chi connectivity index (χ3n) is 3.45. The standard InChI is InChI=1S/C15H18ClN3O/c1-10(2)14(9-20-3)19-13-6-11(8-17)4-5-12(13)18-15(19)7-16/h4-6,10,14H,7,9H2,1-3H3. The minimum absolute atomic E-state index is 0.146. The van der Waals surface area contributed by atoms with Crippen molar-refractivity contribution in [3.8, 4) is 6.07 Å². The van der Waals surface area contributed by atoms with E-state index in [-0.39, 0.29) is 6.04 Å². The molecule has 0 saturated heterocycles. The summed E-state index contributed by atoms with van der Waals surface area (Å²) in [5, 5.41) is 9.07. The lowest BCUT2D eigenvalue weighted by atomic mass is 10.0. The van der Waals surface area contributed by atoms with Crippen LogP contribution in [0.15, 0.2) is 18.2 Å². The summed E-state index contributed by atoms with van der Waals surface area (Å²) in [6.07, 6.45) is 0. The van der Waals surface area contributed by atoms with Gasteiger partial charge in [-0.3, -0.25) is 0 Å². The third kappa shape index (κ3) is 2.65. The number of nitrogens with zero attached hydrogens (tertiary/aromatic N) is 3. The highest BCUT2D eigenvalue weighted by Crippen LogP contribution is 2.28. The van der Waals surface area contributed by atoms with Gasteiger partial charge in [0.15, 0.2) is 0 Å². The molecule has 1 aromatic carbocycles. The Morgan fingerprint density at radius 1 is 1.45 bits per heavy atom. The highest BCUT2D eigenvalue weighted by Gasteiger charge is 2.21. The van der Waals surface area contributed by atoms with Gasteiger partial charge in [0.05, 0.1) is 41.2 Å². The van der Waals surface area contributed by atoms with Gasteiger partial charge >= 0.3 is 0 Å². The maximum absolute atomic E-state index is 9.07. The minimum atomic E-state index is 0.146. The van der Waals surface area contributed by atoms with Gasteiger partial charge in [-0.15, -0.1) is 11.6 Å². The van der Waals surface area contributed by atoms with Gasteiger partial charge in [0.1, 0.15) is 5.82 Å². The topological polar surface area (TPSA) is 50.8 Å². The number of methoxy groups -OCH3 is 1. The molecule has 1 aromatic heterocycles. The van der Waals surface area contributed by atoms with Crippen LogP contribution in [-0.4, -0.2) is 23.3 Å². The van der Waals surface area contributed by atoms with E-state index in [2.05, 4.69) is 29.5 Å². The number of ether oxygens (including phenoxy) is 1. The number of benzene rings is 1. The molecule has 0 bridgehead atoms. The largest absolute Gasteiger partial charge is 0.383 e. The molecule has 0 aliphatic heterocycles. The van der Waals surface area contributed by atoms with E-state index in [1.165, 1.54) is 0 Å². The predicted octanol–water partition coefficient (Wildman–Crippen LogP) is 3.49. The number of fused-ring (bicyclic) bond motifs is 1. The van der Waals surface area contributed by atoms with Crippen LogP contribution in [-0.2, 0) is 10.6 Å². The lowest BCUT2D eigenvalue weighted by molar-refractivity contribution is 0.134. The first kappa shape index (κ1) is 14.8. The van der Waals surface area contributed by atoms with Crippen molar-refractivity contribution in [2.24, 2.45) is 5.92 Å². The molecule has 1 heterocycles. The zero-order chi connectivity index (χ0) is 14.7. The Hall–Kier alpha value is -1.57. The summed E-state index contributed by atoms with van der Waals surface area (Å²) >= 11 is 6.04. The zero-order valence-corrected chi connectivity index (χ0v) is 12.7. The molecule has 4 nitrogen and oxygen atoms in total. The monoisotopic (exact) mass is 291 g/mol. The second kappa shape index (κ2) is 6.25. The van der Waals surface area contributed by atoms with Crippen LogP contribution < -0.4 is 0 Å². The first-order chi connectivity index (χ1) is 9.62. The van der Waals surface area contributed by atoms with Gasteiger partial charge in [-0.2, -0.15) is 5.26 Å².